The number of hydrogen-bond acceptors (Lipinski definition) is 0. The van der Waals surface area contributed by atoms with Gasteiger partial charge in [0, 0.05) is 0 Å². The van der Waals surface area contributed by atoms with Gasteiger partial charge in [-0.05, 0) is 17.5 Å². The van der Waals surface area contributed by atoms with E-state index in [1.807, 2.05) is 0 Å². The molecule has 2 heteroatoms. The van der Waals surface area contributed by atoms with Crippen molar-refractivity contribution in [1.82, 2.24) is 4.57 Å². The second-order valence-corrected chi connectivity index (χ2v) is 6.04. The zero-order valence-electron chi connectivity index (χ0n) is 13.9. The van der Waals surface area contributed by atoms with Crippen molar-refractivity contribution in [3.63, 3.8) is 0 Å². The molecule has 0 atom stereocenters. The highest BCUT2D eigenvalue weighted by Crippen LogP contribution is 2.10. The van der Waals surface area contributed by atoms with E-state index in [9.17, 15) is 0 Å². The second kappa shape index (κ2) is 7.77. The van der Waals surface area contributed by atoms with Crippen molar-refractivity contribution in [2.24, 2.45) is 0 Å². The molecule has 3 aromatic rings. The van der Waals surface area contributed by atoms with Crippen LogP contribution in [-0.2, 0) is 19.5 Å². The molecular formula is C21H25N2+. The summed E-state index contributed by atoms with van der Waals surface area (Å²) in [6.07, 6.45) is 7.88. The molecule has 0 amide bonds. The highest BCUT2D eigenvalue weighted by Gasteiger charge is 2.17. The molecular weight excluding hydrogens is 280 g/mol. The third kappa shape index (κ3) is 4.10. The van der Waals surface area contributed by atoms with E-state index in [2.05, 4.69) is 89.1 Å². The monoisotopic (exact) mass is 305 g/mol. The summed E-state index contributed by atoms with van der Waals surface area (Å²) in [6, 6.07) is 21.4. The minimum absolute atomic E-state index is 0.933. The van der Waals surface area contributed by atoms with Crippen molar-refractivity contribution in [2.45, 2.75) is 39.3 Å². The van der Waals surface area contributed by atoms with Gasteiger partial charge in [-0.1, -0.05) is 74.0 Å². The van der Waals surface area contributed by atoms with E-state index in [-0.39, 0.29) is 0 Å². The molecule has 2 nitrogen and oxygen atoms in total. The summed E-state index contributed by atoms with van der Waals surface area (Å²) in [5, 5.41) is 0. The Morgan fingerprint density at radius 3 is 2.17 bits per heavy atom. The maximum Gasteiger partial charge on any atom is 0.261 e. The zero-order chi connectivity index (χ0) is 15.9. The molecule has 0 saturated carbocycles. The number of unbranched alkanes of at least 4 members (excludes halogenated alkanes) is 1. The Morgan fingerprint density at radius 1 is 0.870 bits per heavy atom. The molecule has 0 radical (unpaired) electrons. The topological polar surface area (TPSA) is 8.81 Å². The number of aromatic nitrogens is 2. The Bertz CT molecular complexity index is 714. The van der Waals surface area contributed by atoms with Gasteiger partial charge in [0.2, 0.25) is 0 Å². The number of aryl methyl sites for hydroxylation is 1. The van der Waals surface area contributed by atoms with Crippen LogP contribution in [0.4, 0.5) is 0 Å². The van der Waals surface area contributed by atoms with Gasteiger partial charge in [-0.2, -0.15) is 0 Å². The molecule has 3 rings (SSSR count). The third-order valence-electron chi connectivity index (χ3n) is 4.24. The van der Waals surface area contributed by atoms with Crippen molar-refractivity contribution in [2.75, 3.05) is 0 Å². The standard InChI is InChI=1S/C21H25N2/c1-2-3-14-22-15-16-23(18-20-12-8-5-9-13-20)21(22)17-19-10-6-4-7-11-19/h4-13,15-16H,2-3,14,17-18H2,1H3/q+1. The molecule has 0 aliphatic carbocycles. The number of benzene rings is 2. The average Bonchev–Trinajstić information content (AvgIpc) is 2.96. The van der Waals surface area contributed by atoms with Gasteiger partial charge in [-0.25, -0.2) is 9.13 Å². The smallest absolute Gasteiger partial charge is 0.234 e. The number of rotatable bonds is 7. The summed E-state index contributed by atoms with van der Waals surface area (Å²) in [7, 11) is 0. The lowest BCUT2D eigenvalue weighted by Crippen LogP contribution is -2.37. The number of imidazole rings is 1. The van der Waals surface area contributed by atoms with Crippen LogP contribution in [0.25, 0.3) is 0 Å². The fourth-order valence-corrected chi connectivity index (χ4v) is 2.94. The van der Waals surface area contributed by atoms with Crippen LogP contribution < -0.4 is 4.57 Å². The van der Waals surface area contributed by atoms with Gasteiger partial charge in [0.25, 0.3) is 5.82 Å². The lowest BCUT2D eigenvalue weighted by atomic mass is 10.1. The molecule has 0 spiro atoms. The van der Waals surface area contributed by atoms with Crippen molar-refractivity contribution in [1.29, 1.82) is 0 Å². The Hall–Kier alpha value is -2.35. The van der Waals surface area contributed by atoms with Gasteiger partial charge in [0.1, 0.15) is 18.9 Å². The van der Waals surface area contributed by atoms with E-state index in [1.165, 1.54) is 29.8 Å². The predicted octanol–water partition coefficient (Wildman–Crippen LogP) is 4.21. The van der Waals surface area contributed by atoms with Gasteiger partial charge in [-0.15, -0.1) is 0 Å². The van der Waals surface area contributed by atoms with E-state index < -0.39 is 0 Å². The quantitative estimate of drug-likeness (QED) is 0.578. The summed E-state index contributed by atoms with van der Waals surface area (Å²) in [5.74, 6) is 1.38. The molecule has 1 aromatic heterocycles. The SMILES string of the molecule is CCCC[n+]1ccn(Cc2ccccc2)c1Cc1ccccc1. The first-order valence-electron chi connectivity index (χ1n) is 8.52. The molecule has 0 N–H and O–H groups in total. The van der Waals surface area contributed by atoms with E-state index in [0.29, 0.717) is 0 Å². The Kier molecular flexibility index (Phi) is 5.25. The molecule has 1 heterocycles. The fraction of sp³-hybridized carbons (Fsp3) is 0.286. The van der Waals surface area contributed by atoms with Gasteiger partial charge < -0.3 is 0 Å². The molecule has 0 bridgehead atoms. The molecule has 23 heavy (non-hydrogen) atoms. The van der Waals surface area contributed by atoms with Gasteiger partial charge in [-0.3, -0.25) is 0 Å². The van der Waals surface area contributed by atoms with Crippen molar-refractivity contribution in [3.05, 3.63) is 90.0 Å². The van der Waals surface area contributed by atoms with E-state index in [4.69, 9.17) is 0 Å². The van der Waals surface area contributed by atoms with E-state index in [0.717, 1.165) is 19.5 Å². The highest BCUT2D eigenvalue weighted by molar-refractivity contribution is 5.19. The van der Waals surface area contributed by atoms with Gasteiger partial charge in [0.15, 0.2) is 0 Å². The number of hydrogen-bond donors (Lipinski definition) is 0. The minimum atomic E-state index is 0.933. The molecule has 0 aliphatic heterocycles. The summed E-state index contributed by atoms with van der Waals surface area (Å²) in [4.78, 5) is 0. The summed E-state index contributed by atoms with van der Waals surface area (Å²) < 4.78 is 4.80. The van der Waals surface area contributed by atoms with Crippen LogP contribution in [0.15, 0.2) is 73.1 Å². The van der Waals surface area contributed by atoms with Crippen LogP contribution in [0.2, 0.25) is 0 Å². The first-order chi connectivity index (χ1) is 11.4. The summed E-state index contributed by atoms with van der Waals surface area (Å²) >= 11 is 0. The average molecular weight is 305 g/mol. The molecule has 0 aliphatic rings. The molecule has 2 aromatic carbocycles. The predicted molar refractivity (Wildman–Crippen MR) is 94.3 cm³/mol. The fourth-order valence-electron chi connectivity index (χ4n) is 2.94. The molecule has 0 saturated heterocycles. The van der Waals surface area contributed by atoms with Gasteiger partial charge in [0.05, 0.1) is 13.0 Å². The zero-order valence-corrected chi connectivity index (χ0v) is 13.9. The lowest BCUT2D eigenvalue weighted by molar-refractivity contribution is -0.703. The largest absolute Gasteiger partial charge is 0.261 e. The Balaban J connectivity index is 1.87. The van der Waals surface area contributed by atoms with Crippen LogP contribution >= 0.6 is 0 Å². The Morgan fingerprint density at radius 2 is 1.52 bits per heavy atom. The van der Waals surface area contributed by atoms with Crippen LogP contribution in [0.5, 0.6) is 0 Å². The first kappa shape index (κ1) is 15.5. The van der Waals surface area contributed by atoms with Crippen LogP contribution in [0, 0.1) is 0 Å². The minimum Gasteiger partial charge on any atom is -0.234 e. The lowest BCUT2D eigenvalue weighted by Gasteiger charge is -2.06. The van der Waals surface area contributed by atoms with E-state index in [1.54, 1.807) is 0 Å². The highest BCUT2D eigenvalue weighted by atomic mass is 15.1. The van der Waals surface area contributed by atoms with Crippen LogP contribution in [-0.4, -0.2) is 4.57 Å². The van der Waals surface area contributed by atoms with Crippen LogP contribution in [0.3, 0.4) is 0 Å². The number of nitrogens with zero attached hydrogens (tertiary/aromatic N) is 2. The maximum atomic E-state index is 2.42. The van der Waals surface area contributed by atoms with Gasteiger partial charge >= 0.3 is 0 Å². The normalized spacial score (nSPS) is 10.8. The molecule has 0 unspecified atom stereocenters. The van der Waals surface area contributed by atoms with Crippen LogP contribution in [0.1, 0.15) is 36.7 Å². The third-order valence-corrected chi connectivity index (χ3v) is 4.24. The summed E-state index contributed by atoms with van der Waals surface area (Å²) in [5.41, 5.74) is 2.71. The summed E-state index contributed by atoms with van der Waals surface area (Å²) in [6.45, 7) is 4.28. The van der Waals surface area contributed by atoms with Crippen molar-refractivity contribution < 1.29 is 4.57 Å². The van der Waals surface area contributed by atoms with E-state index >= 15 is 0 Å². The molecule has 118 valence electrons. The van der Waals surface area contributed by atoms with Crippen molar-refractivity contribution >= 4 is 0 Å². The Labute approximate surface area is 139 Å². The maximum absolute atomic E-state index is 2.42. The first-order valence-corrected chi connectivity index (χ1v) is 8.52. The second-order valence-electron chi connectivity index (χ2n) is 6.04. The molecule has 0 fully saturated rings. The van der Waals surface area contributed by atoms with Crippen molar-refractivity contribution in [3.8, 4) is 0 Å².